The molecule has 0 aromatic heterocycles. The highest BCUT2D eigenvalue weighted by molar-refractivity contribution is 5.10. The van der Waals surface area contributed by atoms with Crippen molar-refractivity contribution < 1.29 is 9.47 Å². The van der Waals surface area contributed by atoms with E-state index >= 15 is 0 Å². The van der Waals surface area contributed by atoms with Crippen LogP contribution in [0.5, 0.6) is 0 Å². The molecule has 1 atom stereocenters. The third-order valence-electron chi connectivity index (χ3n) is 1.20. The van der Waals surface area contributed by atoms with Gasteiger partial charge >= 0.3 is 0 Å². The van der Waals surface area contributed by atoms with Gasteiger partial charge in [0.2, 0.25) is 6.41 Å². The van der Waals surface area contributed by atoms with Gasteiger partial charge in [-0.25, -0.2) is 0 Å². The van der Waals surface area contributed by atoms with Crippen LogP contribution in [-0.2, 0) is 9.47 Å². The highest BCUT2D eigenvalue weighted by Crippen LogP contribution is 1.94. The maximum atomic E-state index is 5.18. The second kappa shape index (κ2) is 6.88. The smallest absolute Gasteiger partial charge is 0.237 e. The fourth-order valence-electron chi connectivity index (χ4n) is 0.721. The van der Waals surface area contributed by atoms with Crippen molar-refractivity contribution in [3.63, 3.8) is 0 Å². The van der Waals surface area contributed by atoms with E-state index in [1.54, 1.807) is 7.11 Å². The average Bonchev–Trinajstić information content (AvgIpc) is 2.04. The van der Waals surface area contributed by atoms with Crippen molar-refractivity contribution in [2.45, 2.75) is 20.3 Å². The molecule has 70 valence electrons. The van der Waals surface area contributed by atoms with Gasteiger partial charge in [0.25, 0.3) is 0 Å². The molecule has 12 heavy (non-hydrogen) atoms. The third-order valence-corrected chi connectivity index (χ3v) is 1.20. The van der Waals surface area contributed by atoms with E-state index in [9.17, 15) is 0 Å². The molecule has 3 nitrogen and oxygen atoms in total. The molecule has 0 saturated heterocycles. The first kappa shape index (κ1) is 11.2. The molecule has 0 aromatic carbocycles. The fourth-order valence-corrected chi connectivity index (χ4v) is 0.721. The lowest BCUT2D eigenvalue weighted by Gasteiger charge is -2.17. The van der Waals surface area contributed by atoms with Gasteiger partial charge in [-0.05, 0) is 19.9 Å². The minimum Gasteiger partial charge on any atom is -0.339 e. The summed E-state index contributed by atoms with van der Waals surface area (Å²) < 4.78 is 10.2. The van der Waals surface area contributed by atoms with Gasteiger partial charge in [0.05, 0.1) is 0 Å². The van der Waals surface area contributed by atoms with Crippen LogP contribution in [0, 0.1) is 0 Å². The van der Waals surface area contributed by atoms with Gasteiger partial charge in [0.1, 0.15) is 0 Å². The fraction of sp³-hybridized carbons (Fsp3) is 0.556. The Hall–Kier alpha value is -0.800. The zero-order chi connectivity index (χ0) is 9.40. The molecule has 0 spiro atoms. The van der Waals surface area contributed by atoms with Gasteiger partial charge < -0.3 is 14.8 Å². The Labute approximate surface area is 74.1 Å². The van der Waals surface area contributed by atoms with E-state index in [0.29, 0.717) is 6.61 Å². The average molecular weight is 171 g/mol. The number of allylic oxidation sites excluding steroid dienone is 2. The van der Waals surface area contributed by atoms with E-state index in [-0.39, 0.29) is 0 Å². The lowest BCUT2D eigenvalue weighted by Crippen LogP contribution is -2.32. The Kier molecular flexibility index (Phi) is 6.42. The van der Waals surface area contributed by atoms with Crippen molar-refractivity contribution in [1.82, 2.24) is 5.32 Å². The van der Waals surface area contributed by atoms with Crippen LogP contribution >= 0.6 is 0 Å². The van der Waals surface area contributed by atoms with E-state index in [4.69, 9.17) is 9.47 Å². The Bertz CT molecular complexity index is 155. The zero-order valence-corrected chi connectivity index (χ0v) is 7.96. The molecule has 0 saturated carbocycles. The summed E-state index contributed by atoms with van der Waals surface area (Å²) in [7, 11) is 1.58. The van der Waals surface area contributed by atoms with Gasteiger partial charge in [0, 0.05) is 19.4 Å². The summed E-state index contributed by atoms with van der Waals surface area (Å²) in [6.07, 6.45) is 3.35. The molecule has 0 aliphatic rings. The van der Waals surface area contributed by atoms with E-state index in [1.165, 1.54) is 0 Å². The topological polar surface area (TPSA) is 30.5 Å². The van der Waals surface area contributed by atoms with Gasteiger partial charge in [-0.1, -0.05) is 12.7 Å². The second-order valence-electron chi connectivity index (χ2n) is 2.19. The Morgan fingerprint density at radius 2 is 2.33 bits per heavy atom. The van der Waals surface area contributed by atoms with Crippen LogP contribution in [0.15, 0.2) is 24.4 Å². The Morgan fingerprint density at radius 3 is 2.75 bits per heavy atom. The molecule has 0 heterocycles. The minimum absolute atomic E-state index is 0.404. The SMILES string of the molecule is C=C(/C=C\C)NC(OC)OCC. The Balaban J connectivity index is 3.76. The quantitative estimate of drug-likeness (QED) is 0.486. The molecule has 0 amide bonds. The first-order chi connectivity index (χ1) is 5.74. The van der Waals surface area contributed by atoms with Crippen LogP contribution < -0.4 is 5.32 Å². The van der Waals surface area contributed by atoms with E-state index < -0.39 is 6.41 Å². The summed E-state index contributed by atoms with van der Waals surface area (Å²) in [6.45, 7) is 8.20. The third kappa shape index (κ3) is 4.93. The van der Waals surface area contributed by atoms with Crippen molar-refractivity contribution in [3.8, 4) is 0 Å². The van der Waals surface area contributed by atoms with Gasteiger partial charge in [-0.3, -0.25) is 0 Å². The van der Waals surface area contributed by atoms with Crippen molar-refractivity contribution >= 4 is 0 Å². The number of nitrogens with one attached hydrogen (secondary N) is 1. The van der Waals surface area contributed by atoms with Gasteiger partial charge in [0.15, 0.2) is 0 Å². The molecule has 0 bridgehead atoms. The predicted octanol–water partition coefficient (Wildman–Crippen LogP) is 1.63. The van der Waals surface area contributed by atoms with Crippen LogP contribution in [0.25, 0.3) is 0 Å². The summed E-state index contributed by atoms with van der Waals surface area (Å²) in [5.41, 5.74) is 0.776. The molecule has 0 rings (SSSR count). The number of hydrogen-bond acceptors (Lipinski definition) is 3. The van der Waals surface area contributed by atoms with Crippen molar-refractivity contribution in [1.29, 1.82) is 0 Å². The summed E-state index contributed by atoms with van der Waals surface area (Å²) >= 11 is 0. The Morgan fingerprint density at radius 1 is 1.67 bits per heavy atom. The normalized spacial score (nSPS) is 13.2. The van der Waals surface area contributed by atoms with E-state index in [1.807, 2.05) is 26.0 Å². The van der Waals surface area contributed by atoms with Crippen LogP contribution in [0.4, 0.5) is 0 Å². The standard InChI is InChI=1S/C9H17NO2/c1-5-7-8(3)10-9(11-4)12-6-2/h5,7,9-10H,3,6H2,1-2,4H3/b7-5-. The molecule has 0 radical (unpaired) electrons. The van der Waals surface area contributed by atoms with Crippen LogP contribution in [-0.4, -0.2) is 20.1 Å². The number of hydrogen-bond donors (Lipinski definition) is 1. The monoisotopic (exact) mass is 171 g/mol. The maximum absolute atomic E-state index is 5.18. The molecule has 0 aliphatic heterocycles. The van der Waals surface area contributed by atoms with Crippen molar-refractivity contribution in [2.24, 2.45) is 0 Å². The van der Waals surface area contributed by atoms with E-state index in [0.717, 1.165) is 5.70 Å². The number of ether oxygens (including phenoxy) is 2. The van der Waals surface area contributed by atoms with Crippen LogP contribution in [0.1, 0.15) is 13.8 Å². The van der Waals surface area contributed by atoms with Crippen LogP contribution in [0.3, 0.4) is 0 Å². The largest absolute Gasteiger partial charge is 0.339 e. The highest BCUT2D eigenvalue weighted by Gasteiger charge is 2.03. The minimum atomic E-state index is -0.404. The van der Waals surface area contributed by atoms with Gasteiger partial charge in [-0.2, -0.15) is 0 Å². The lowest BCUT2D eigenvalue weighted by atomic mass is 10.4. The summed E-state index contributed by atoms with van der Waals surface area (Å²) in [5.74, 6) is 0. The molecule has 3 heteroatoms. The first-order valence-electron chi connectivity index (χ1n) is 3.97. The molecule has 0 aliphatic carbocycles. The molecular formula is C9H17NO2. The summed E-state index contributed by atoms with van der Waals surface area (Å²) in [6, 6.07) is 0. The van der Waals surface area contributed by atoms with E-state index in [2.05, 4.69) is 11.9 Å². The molecule has 0 fully saturated rings. The predicted molar refractivity (Wildman–Crippen MR) is 49.5 cm³/mol. The summed E-state index contributed by atoms with van der Waals surface area (Å²) in [4.78, 5) is 0. The van der Waals surface area contributed by atoms with Crippen LogP contribution in [0.2, 0.25) is 0 Å². The molecule has 1 N–H and O–H groups in total. The highest BCUT2D eigenvalue weighted by atomic mass is 16.7. The second-order valence-corrected chi connectivity index (χ2v) is 2.19. The summed E-state index contributed by atoms with van der Waals surface area (Å²) in [5, 5.41) is 2.94. The molecule has 0 aromatic rings. The zero-order valence-electron chi connectivity index (χ0n) is 7.96. The lowest BCUT2D eigenvalue weighted by molar-refractivity contribution is -0.133. The number of rotatable bonds is 6. The van der Waals surface area contributed by atoms with Crippen molar-refractivity contribution in [3.05, 3.63) is 24.4 Å². The number of methoxy groups -OCH3 is 1. The maximum Gasteiger partial charge on any atom is 0.237 e. The first-order valence-corrected chi connectivity index (χ1v) is 3.97. The molecular weight excluding hydrogens is 154 g/mol. The van der Waals surface area contributed by atoms with Gasteiger partial charge in [-0.15, -0.1) is 0 Å². The molecule has 1 unspecified atom stereocenters. The van der Waals surface area contributed by atoms with Crippen molar-refractivity contribution in [2.75, 3.05) is 13.7 Å².